The third kappa shape index (κ3) is 1.98. The van der Waals surface area contributed by atoms with Crippen molar-refractivity contribution in [2.45, 2.75) is 51.9 Å². The maximum atomic E-state index is 5.45. The van der Waals surface area contributed by atoms with Crippen LogP contribution >= 0.6 is 0 Å². The van der Waals surface area contributed by atoms with E-state index in [4.69, 9.17) is 4.42 Å². The van der Waals surface area contributed by atoms with Crippen molar-refractivity contribution in [3.8, 4) is 0 Å². The molecule has 2 unspecified atom stereocenters. The van der Waals surface area contributed by atoms with Gasteiger partial charge in [-0.05, 0) is 20.3 Å². The SMILES string of the molecule is Cc1nnc(CN2C3CC2CN(C(C)C)C3)o1. The molecule has 2 saturated heterocycles. The number of hydrogen-bond donors (Lipinski definition) is 0. The van der Waals surface area contributed by atoms with E-state index in [1.165, 1.54) is 19.5 Å². The first-order valence-electron chi connectivity index (χ1n) is 6.42. The Hall–Kier alpha value is -0.940. The number of rotatable bonds is 3. The van der Waals surface area contributed by atoms with Crippen molar-refractivity contribution < 1.29 is 4.42 Å². The molecule has 2 atom stereocenters. The second-order valence-corrected chi connectivity index (χ2v) is 5.48. The largest absolute Gasteiger partial charge is 0.424 e. The van der Waals surface area contributed by atoms with Gasteiger partial charge in [0.2, 0.25) is 11.8 Å². The van der Waals surface area contributed by atoms with Gasteiger partial charge >= 0.3 is 0 Å². The Kier molecular flexibility index (Phi) is 2.67. The molecule has 2 fully saturated rings. The fraction of sp³-hybridized carbons (Fsp3) is 0.833. The summed E-state index contributed by atoms with van der Waals surface area (Å²) in [6.07, 6.45) is 1.33. The lowest BCUT2D eigenvalue weighted by Crippen LogP contribution is -2.68. The minimum absolute atomic E-state index is 0.660. The molecule has 0 aromatic carbocycles. The van der Waals surface area contributed by atoms with E-state index in [0.29, 0.717) is 24.0 Å². The molecule has 3 heterocycles. The zero-order valence-electron chi connectivity index (χ0n) is 10.8. The summed E-state index contributed by atoms with van der Waals surface area (Å²) in [5.41, 5.74) is 0. The average Bonchev–Trinajstić information content (AvgIpc) is 2.72. The van der Waals surface area contributed by atoms with Crippen LogP contribution in [0.25, 0.3) is 0 Å². The molecule has 0 radical (unpaired) electrons. The van der Waals surface area contributed by atoms with Gasteiger partial charge in [0.15, 0.2) is 0 Å². The van der Waals surface area contributed by atoms with Gasteiger partial charge in [0.1, 0.15) is 0 Å². The van der Waals surface area contributed by atoms with Crippen LogP contribution in [-0.4, -0.2) is 51.2 Å². The van der Waals surface area contributed by atoms with Crippen molar-refractivity contribution in [2.24, 2.45) is 0 Å². The van der Waals surface area contributed by atoms with Crippen molar-refractivity contribution in [2.75, 3.05) is 13.1 Å². The highest BCUT2D eigenvalue weighted by molar-refractivity contribution is 5.02. The summed E-state index contributed by atoms with van der Waals surface area (Å²) in [6, 6.07) is 2.03. The fourth-order valence-electron chi connectivity index (χ4n) is 2.96. The minimum Gasteiger partial charge on any atom is -0.424 e. The van der Waals surface area contributed by atoms with Gasteiger partial charge in [0.05, 0.1) is 6.54 Å². The van der Waals surface area contributed by atoms with Crippen molar-refractivity contribution in [1.82, 2.24) is 20.0 Å². The summed E-state index contributed by atoms with van der Waals surface area (Å²) in [7, 11) is 0. The van der Waals surface area contributed by atoms with E-state index in [1.54, 1.807) is 0 Å². The molecule has 1 aromatic heterocycles. The predicted octanol–water partition coefficient (Wildman–Crippen LogP) is 1.04. The monoisotopic (exact) mass is 236 g/mol. The number of hydrogen-bond acceptors (Lipinski definition) is 5. The standard InChI is InChI=1S/C12H20N4O/c1-8(2)15-5-10-4-11(6-15)16(10)7-12-14-13-9(3)17-12/h8,10-11H,4-7H2,1-3H3. The van der Waals surface area contributed by atoms with Crippen molar-refractivity contribution in [3.63, 3.8) is 0 Å². The molecule has 5 heteroatoms. The number of likely N-dealkylation sites (tertiary alicyclic amines) is 2. The molecule has 0 spiro atoms. The van der Waals surface area contributed by atoms with E-state index in [2.05, 4.69) is 33.8 Å². The molecule has 2 bridgehead atoms. The summed E-state index contributed by atoms with van der Waals surface area (Å²) < 4.78 is 5.45. The molecular formula is C12H20N4O. The van der Waals surface area contributed by atoms with Crippen LogP contribution in [0.1, 0.15) is 32.0 Å². The van der Waals surface area contributed by atoms with Gasteiger partial charge in [-0.25, -0.2) is 0 Å². The maximum Gasteiger partial charge on any atom is 0.230 e. The zero-order chi connectivity index (χ0) is 12.0. The molecule has 94 valence electrons. The predicted molar refractivity (Wildman–Crippen MR) is 63.5 cm³/mol. The van der Waals surface area contributed by atoms with Crippen molar-refractivity contribution in [1.29, 1.82) is 0 Å². The quantitative estimate of drug-likeness (QED) is 0.785. The van der Waals surface area contributed by atoms with Gasteiger partial charge in [0.25, 0.3) is 0 Å². The summed E-state index contributed by atoms with van der Waals surface area (Å²) in [5.74, 6) is 1.42. The van der Waals surface area contributed by atoms with E-state index < -0.39 is 0 Å². The van der Waals surface area contributed by atoms with Crippen LogP contribution < -0.4 is 0 Å². The Morgan fingerprint density at radius 2 is 2.00 bits per heavy atom. The number of aryl methyl sites for hydroxylation is 1. The Morgan fingerprint density at radius 3 is 2.53 bits per heavy atom. The topological polar surface area (TPSA) is 45.4 Å². The van der Waals surface area contributed by atoms with Gasteiger partial charge in [-0.2, -0.15) is 0 Å². The molecule has 0 amide bonds. The average molecular weight is 236 g/mol. The van der Waals surface area contributed by atoms with Crippen LogP contribution in [0, 0.1) is 6.92 Å². The number of fused-ring (bicyclic) bond motifs is 2. The summed E-state index contributed by atoms with van der Waals surface area (Å²) in [4.78, 5) is 5.07. The summed E-state index contributed by atoms with van der Waals surface area (Å²) >= 11 is 0. The molecule has 17 heavy (non-hydrogen) atoms. The van der Waals surface area contributed by atoms with Crippen LogP contribution in [0.3, 0.4) is 0 Å². The van der Waals surface area contributed by atoms with Gasteiger partial charge in [-0.15, -0.1) is 10.2 Å². The van der Waals surface area contributed by atoms with Crippen LogP contribution in [0.4, 0.5) is 0 Å². The lowest BCUT2D eigenvalue weighted by molar-refractivity contribution is -0.0871. The van der Waals surface area contributed by atoms with Crippen LogP contribution in [0.15, 0.2) is 4.42 Å². The molecule has 2 aliphatic rings. The Morgan fingerprint density at radius 1 is 1.29 bits per heavy atom. The van der Waals surface area contributed by atoms with E-state index in [9.17, 15) is 0 Å². The normalized spacial score (nSPS) is 29.6. The lowest BCUT2D eigenvalue weighted by Gasteiger charge is -2.57. The number of piperidine rings is 1. The summed E-state index contributed by atoms with van der Waals surface area (Å²) in [6.45, 7) is 9.57. The molecule has 2 aliphatic heterocycles. The maximum absolute atomic E-state index is 5.45. The number of aromatic nitrogens is 2. The highest BCUT2D eigenvalue weighted by Crippen LogP contribution is 2.34. The number of piperazine rings is 1. The Balaban J connectivity index is 1.61. The van der Waals surface area contributed by atoms with E-state index >= 15 is 0 Å². The molecule has 1 aromatic rings. The first-order chi connectivity index (χ1) is 8.13. The highest BCUT2D eigenvalue weighted by atomic mass is 16.4. The van der Waals surface area contributed by atoms with Gasteiger partial charge in [-0.3, -0.25) is 9.80 Å². The third-order valence-electron chi connectivity index (χ3n) is 3.99. The molecule has 5 nitrogen and oxygen atoms in total. The van der Waals surface area contributed by atoms with Crippen molar-refractivity contribution >= 4 is 0 Å². The van der Waals surface area contributed by atoms with E-state index in [-0.39, 0.29) is 0 Å². The van der Waals surface area contributed by atoms with Crippen molar-refractivity contribution in [3.05, 3.63) is 11.8 Å². The Bertz CT molecular complexity index is 391. The smallest absolute Gasteiger partial charge is 0.230 e. The van der Waals surface area contributed by atoms with Crippen LogP contribution in [0.5, 0.6) is 0 Å². The van der Waals surface area contributed by atoms with Crippen LogP contribution in [-0.2, 0) is 6.54 Å². The van der Waals surface area contributed by atoms with Crippen LogP contribution in [0.2, 0.25) is 0 Å². The summed E-state index contributed by atoms with van der Waals surface area (Å²) in [5, 5.41) is 7.96. The molecule has 0 aliphatic carbocycles. The van der Waals surface area contributed by atoms with Gasteiger partial charge in [0, 0.05) is 38.1 Å². The zero-order valence-corrected chi connectivity index (χ0v) is 10.8. The highest BCUT2D eigenvalue weighted by Gasteiger charge is 2.45. The first-order valence-corrected chi connectivity index (χ1v) is 6.42. The lowest BCUT2D eigenvalue weighted by atomic mass is 9.87. The van der Waals surface area contributed by atoms with Gasteiger partial charge in [-0.1, -0.05) is 0 Å². The third-order valence-corrected chi connectivity index (χ3v) is 3.99. The number of nitrogens with zero attached hydrogens (tertiary/aromatic N) is 4. The van der Waals surface area contributed by atoms with E-state index in [1.807, 2.05) is 6.92 Å². The second kappa shape index (κ2) is 4.07. The molecule has 0 saturated carbocycles. The fourth-order valence-corrected chi connectivity index (χ4v) is 2.96. The molecule has 3 rings (SSSR count). The van der Waals surface area contributed by atoms with E-state index in [0.717, 1.165) is 12.4 Å². The van der Waals surface area contributed by atoms with Gasteiger partial charge < -0.3 is 4.42 Å². The first kappa shape index (κ1) is 11.2. The molecular weight excluding hydrogens is 216 g/mol. The minimum atomic E-state index is 0.660. The molecule has 0 N–H and O–H groups in total. The second-order valence-electron chi connectivity index (χ2n) is 5.48. The Labute approximate surface area is 102 Å².